The second kappa shape index (κ2) is 12.5. The van der Waals surface area contributed by atoms with Gasteiger partial charge >= 0.3 is 0 Å². The minimum Gasteiger partial charge on any atom is -0.483 e. The van der Waals surface area contributed by atoms with E-state index in [2.05, 4.69) is 15.2 Å². The molecule has 1 aromatic heterocycles. The molecule has 1 saturated heterocycles. The molecular weight excluding hydrogens is 416 g/mol. The van der Waals surface area contributed by atoms with Crippen molar-refractivity contribution in [3.63, 3.8) is 0 Å². The number of nitrogens with one attached hydrogen (secondary N) is 1. The van der Waals surface area contributed by atoms with Crippen molar-refractivity contribution in [3.8, 4) is 0 Å². The maximum atomic E-state index is 13.2. The molecule has 1 fully saturated rings. The van der Waals surface area contributed by atoms with Crippen LogP contribution in [0.2, 0.25) is 0 Å². The van der Waals surface area contributed by atoms with Crippen LogP contribution in [-0.4, -0.2) is 78.0 Å². The molecule has 3 heterocycles. The van der Waals surface area contributed by atoms with Crippen LogP contribution >= 0.6 is 0 Å². The molecule has 2 aliphatic rings. The molecule has 2 N–H and O–H groups in total. The smallest absolute Gasteiger partial charge is 0.290 e. The SMILES string of the molecule is COCc1nc2c(o1)CCN(C(=O)[C@@H]1CC[C@H](NC(=O)CC(C)C)CN(C)C1)C2.O=CO. The van der Waals surface area contributed by atoms with E-state index in [1.165, 1.54) is 0 Å². The van der Waals surface area contributed by atoms with Gasteiger partial charge in [0.2, 0.25) is 17.7 Å². The van der Waals surface area contributed by atoms with Crippen LogP contribution in [0.25, 0.3) is 0 Å². The third-order valence-corrected chi connectivity index (χ3v) is 5.59. The monoisotopic (exact) mass is 452 g/mol. The average Bonchev–Trinajstić information content (AvgIpc) is 3.02. The van der Waals surface area contributed by atoms with E-state index in [9.17, 15) is 9.59 Å². The lowest BCUT2D eigenvalue weighted by atomic mass is 9.99. The van der Waals surface area contributed by atoms with E-state index in [1.807, 2.05) is 25.8 Å². The van der Waals surface area contributed by atoms with Crippen LogP contribution in [0.15, 0.2) is 4.42 Å². The molecule has 2 atom stereocenters. The van der Waals surface area contributed by atoms with E-state index in [0.717, 1.165) is 30.8 Å². The summed E-state index contributed by atoms with van der Waals surface area (Å²) in [5.74, 6) is 2.00. The normalized spacial score (nSPS) is 21.2. The van der Waals surface area contributed by atoms with Gasteiger partial charge in [-0.05, 0) is 25.8 Å². The Kier molecular flexibility index (Phi) is 10.1. The summed E-state index contributed by atoms with van der Waals surface area (Å²) >= 11 is 0. The lowest BCUT2D eigenvalue weighted by Gasteiger charge is -2.30. The van der Waals surface area contributed by atoms with Crippen LogP contribution in [0.4, 0.5) is 0 Å². The highest BCUT2D eigenvalue weighted by Crippen LogP contribution is 2.24. The van der Waals surface area contributed by atoms with Gasteiger partial charge in [-0.2, -0.15) is 0 Å². The number of carboxylic acid groups (broad SMARTS) is 1. The van der Waals surface area contributed by atoms with Gasteiger partial charge in [0.25, 0.3) is 6.47 Å². The fraction of sp³-hybridized carbons (Fsp3) is 0.727. The number of carbonyl (C=O) groups is 3. The van der Waals surface area contributed by atoms with Gasteiger partial charge in [-0.1, -0.05) is 13.8 Å². The Hall–Kier alpha value is -2.46. The number of carbonyl (C=O) groups excluding carboxylic acids is 2. The van der Waals surface area contributed by atoms with E-state index >= 15 is 0 Å². The number of nitrogens with zero attached hydrogens (tertiary/aromatic N) is 3. The Morgan fingerprint density at radius 1 is 1.34 bits per heavy atom. The van der Waals surface area contributed by atoms with Crippen molar-refractivity contribution < 1.29 is 28.6 Å². The van der Waals surface area contributed by atoms with Gasteiger partial charge in [0.1, 0.15) is 18.1 Å². The summed E-state index contributed by atoms with van der Waals surface area (Å²) in [6, 6.07) is 0.101. The summed E-state index contributed by atoms with van der Waals surface area (Å²) in [5.41, 5.74) is 0.845. The van der Waals surface area contributed by atoms with Crippen molar-refractivity contribution in [1.29, 1.82) is 0 Å². The Labute approximate surface area is 189 Å². The summed E-state index contributed by atoms with van der Waals surface area (Å²) in [4.78, 5) is 42.2. The fourth-order valence-electron chi connectivity index (χ4n) is 4.27. The van der Waals surface area contributed by atoms with Crippen LogP contribution in [0.5, 0.6) is 0 Å². The van der Waals surface area contributed by atoms with Crippen molar-refractivity contribution in [2.75, 3.05) is 33.8 Å². The Bertz CT molecular complexity index is 766. The summed E-state index contributed by atoms with van der Waals surface area (Å²) in [6.45, 7) is 6.83. The van der Waals surface area contributed by atoms with Gasteiger partial charge in [0.15, 0.2) is 0 Å². The molecule has 0 unspecified atom stereocenters. The maximum Gasteiger partial charge on any atom is 0.290 e. The standard InChI is InChI=1S/C21H34N4O4.CH2O2/c1-14(2)9-19(26)22-16-6-5-15(10-24(3)11-16)21(27)25-8-7-18-17(12-25)23-20(29-18)13-28-4;2-1-3/h14-16H,5-13H2,1-4H3,(H,22,26);1H,(H,2,3)/t15-,16+;/m1./s1. The first-order chi connectivity index (χ1) is 15.3. The molecule has 180 valence electrons. The predicted octanol–water partition coefficient (Wildman–Crippen LogP) is 1.28. The van der Waals surface area contributed by atoms with E-state index in [4.69, 9.17) is 19.1 Å². The third kappa shape index (κ3) is 7.59. The first kappa shape index (κ1) is 25.8. The van der Waals surface area contributed by atoms with E-state index in [1.54, 1.807) is 7.11 Å². The van der Waals surface area contributed by atoms with E-state index < -0.39 is 0 Å². The Balaban J connectivity index is 0.00000114. The van der Waals surface area contributed by atoms with Gasteiger partial charge in [0, 0.05) is 45.6 Å². The topological polar surface area (TPSA) is 125 Å². The first-order valence-electron chi connectivity index (χ1n) is 11.1. The first-order valence-corrected chi connectivity index (χ1v) is 11.1. The van der Waals surface area contributed by atoms with Crippen LogP contribution in [-0.2, 0) is 38.7 Å². The summed E-state index contributed by atoms with van der Waals surface area (Å²) in [6.07, 6.45) is 2.84. The average molecular weight is 453 g/mol. The molecule has 2 aliphatic heterocycles. The van der Waals surface area contributed by atoms with Crippen LogP contribution in [0.1, 0.15) is 50.5 Å². The number of rotatable bonds is 6. The lowest BCUT2D eigenvalue weighted by molar-refractivity contribution is -0.137. The van der Waals surface area contributed by atoms with E-state index in [-0.39, 0.29) is 30.2 Å². The zero-order valence-electron chi connectivity index (χ0n) is 19.5. The molecule has 2 amide bonds. The van der Waals surface area contributed by atoms with Crippen molar-refractivity contribution in [2.45, 2.75) is 58.7 Å². The highest BCUT2D eigenvalue weighted by molar-refractivity contribution is 5.79. The number of methoxy groups -OCH3 is 1. The van der Waals surface area contributed by atoms with Crippen LogP contribution in [0.3, 0.4) is 0 Å². The van der Waals surface area contributed by atoms with Crippen molar-refractivity contribution in [2.24, 2.45) is 11.8 Å². The fourth-order valence-corrected chi connectivity index (χ4v) is 4.27. The highest BCUT2D eigenvalue weighted by Gasteiger charge is 2.33. The molecule has 32 heavy (non-hydrogen) atoms. The van der Waals surface area contributed by atoms with Crippen molar-refractivity contribution in [3.05, 3.63) is 17.3 Å². The molecule has 3 rings (SSSR count). The number of likely N-dealkylation sites (tertiary alicyclic amines) is 1. The number of fused-ring (bicyclic) bond motifs is 1. The molecule has 0 aromatic carbocycles. The zero-order valence-corrected chi connectivity index (χ0v) is 19.5. The molecule has 0 bridgehead atoms. The Morgan fingerprint density at radius 3 is 2.72 bits per heavy atom. The number of oxazole rings is 1. The molecule has 0 spiro atoms. The molecule has 0 radical (unpaired) electrons. The van der Waals surface area contributed by atoms with Gasteiger partial charge in [0.05, 0.1) is 12.5 Å². The van der Waals surface area contributed by atoms with Crippen LogP contribution < -0.4 is 5.32 Å². The van der Waals surface area contributed by atoms with Gasteiger partial charge in [-0.3, -0.25) is 14.4 Å². The summed E-state index contributed by atoms with van der Waals surface area (Å²) < 4.78 is 10.8. The molecular formula is C22H36N4O6. The number of likely N-dealkylation sites (N-methyl/N-ethyl adjacent to an activating group) is 1. The molecule has 10 nitrogen and oxygen atoms in total. The van der Waals surface area contributed by atoms with Crippen molar-refractivity contribution in [1.82, 2.24) is 20.1 Å². The minimum atomic E-state index is -0.250. The van der Waals surface area contributed by atoms with Gasteiger partial charge in [-0.15, -0.1) is 0 Å². The summed E-state index contributed by atoms with van der Waals surface area (Å²) in [5, 5.41) is 10.0. The molecule has 0 aliphatic carbocycles. The number of hydrogen-bond acceptors (Lipinski definition) is 7. The summed E-state index contributed by atoms with van der Waals surface area (Å²) in [7, 11) is 3.64. The van der Waals surface area contributed by atoms with Crippen molar-refractivity contribution >= 4 is 18.3 Å². The number of aromatic nitrogens is 1. The molecule has 1 aromatic rings. The second-order valence-corrected chi connectivity index (χ2v) is 8.88. The maximum absolute atomic E-state index is 13.2. The van der Waals surface area contributed by atoms with Gasteiger partial charge in [-0.25, -0.2) is 4.98 Å². The quantitative estimate of drug-likeness (QED) is 0.619. The number of ether oxygens (including phenoxy) is 1. The van der Waals surface area contributed by atoms with E-state index in [0.29, 0.717) is 50.9 Å². The Morgan fingerprint density at radius 2 is 2.06 bits per heavy atom. The lowest BCUT2D eigenvalue weighted by Crippen LogP contribution is -2.43. The largest absolute Gasteiger partial charge is 0.483 e. The second-order valence-electron chi connectivity index (χ2n) is 8.88. The molecule has 10 heteroatoms. The predicted molar refractivity (Wildman–Crippen MR) is 117 cm³/mol. The van der Waals surface area contributed by atoms with Gasteiger partial charge < -0.3 is 29.4 Å². The highest BCUT2D eigenvalue weighted by atomic mass is 16.5. The third-order valence-electron chi connectivity index (χ3n) is 5.59. The number of hydrogen-bond donors (Lipinski definition) is 2. The number of amides is 2. The van der Waals surface area contributed by atoms with Crippen LogP contribution in [0, 0.1) is 11.8 Å². The zero-order chi connectivity index (χ0) is 23.7. The molecule has 0 saturated carbocycles. The minimum absolute atomic E-state index is 0.0566.